The molecule has 0 saturated carbocycles. The molecule has 0 aliphatic heterocycles. The highest BCUT2D eigenvalue weighted by molar-refractivity contribution is 7.19. The van der Waals surface area contributed by atoms with Gasteiger partial charge >= 0.3 is 6.18 Å². The maximum Gasteiger partial charge on any atom is 0.416 e. The van der Waals surface area contributed by atoms with Gasteiger partial charge in [0.05, 0.1) is 20.5 Å². The summed E-state index contributed by atoms with van der Waals surface area (Å²) >= 11 is 7.30. The van der Waals surface area contributed by atoms with E-state index in [4.69, 9.17) is 11.6 Å². The second kappa shape index (κ2) is 7.13. The van der Waals surface area contributed by atoms with Crippen molar-refractivity contribution in [2.24, 2.45) is 0 Å². The zero-order chi connectivity index (χ0) is 18.9. The highest BCUT2D eigenvalue weighted by Crippen LogP contribution is 2.32. The molecular weight excluding hydrogens is 387 g/mol. The van der Waals surface area contributed by atoms with Crippen molar-refractivity contribution in [3.8, 4) is 10.6 Å². The number of hydrogen-bond acceptors (Lipinski definition) is 3. The normalized spacial score (nSPS) is 11.6. The molecule has 9 heteroatoms. The lowest BCUT2D eigenvalue weighted by Crippen LogP contribution is -2.14. The third-order valence-electron chi connectivity index (χ3n) is 3.59. The molecule has 1 aromatic carbocycles. The molecule has 0 aliphatic rings. The molecule has 0 atom stereocenters. The van der Waals surface area contributed by atoms with Crippen molar-refractivity contribution in [1.82, 2.24) is 9.78 Å². The van der Waals surface area contributed by atoms with Crippen molar-refractivity contribution in [3.63, 3.8) is 0 Å². The van der Waals surface area contributed by atoms with Crippen LogP contribution < -0.4 is 5.32 Å². The quantitative estimate of drug-likeness (QED) is 0.624. The Morgan fingerprint density at radius 1 is 1.27 bits per heavy atom. The lowest BCUT2D eigenvalue weighted by atomic mass is 10.2. The fraction of sp³-hybridized carbons (Fsp3) is 0.176. The van der Waals surface area contributed by atoms with Crippen molar-refractivity contribution in [2.75, 3.05) is 5.32 Å². The minimum Gasteiger partial charge on any atom is -0.321 e. The van der Waals surface area contributed by atoms with Crippen LogP contribution in [-0.2, 0) is 12.7 Å². The average Bonchev–Trinajstić information content (AvgIpc) is 3.20. The summed E-state index contributed by atoms with van der Waals surface area (Å²) in [5.41, 5.74) is 0.0577. The van der Waals surface area contributed by atoms with Gasteiger partial charge in [0.15, 0.2) is 5.69 Å². The van der Waals surface area contributed by atoms with Gasteiger partial charge in [-0.1, -0.05) is 17.7 Å². The highest BCUT2D eigenvalue weighted by atomic mass is 35.5. The third-order valence-corrected chi connectivity index (χ3v) is 4.84. The molecule has 0 saturated heterocycles. The molecule has 2 aromatic heterocycles. The maximum atomic E-state index is 12.8. The number of benzene rings is 1. The number of halogens is 4. The van der Waals surface area contributed by atoms with Gasteiger partial charge in [0.2, 0.25) is 0 Å². The zero-order valence-electron chi connectivity index (χ0n) is 13.5. The van der Waals surface area contributed by atoms with Gasteiger partial charge in [0, 0.05) is 12.2 Å². The van der Waals surface area contributed by atoms with Gasteiger partial charge in [-0.05, 0) is 43.3 Å². The summed E-state index contributed by atoms with van der Waals surface area (Å²) in [5.74, 6) is -0.583. The molecule has 1 N–H and O–H groups in total. The third kappa shape index (κ3) is 3.91. The Labute approximate surface area is 156 Å². The van der Waals surface area contributed by atoms with E-state index in [0.717, 1.165) is 22.7 Å². The van der Waals surface area contributed by atoms with Crippen LogP contribution in [0.25, 0.3) is 10.6 Å². The van der Waals surface area contributed by atoms with E-state index in [1.54, 1.807) is 16.8 Å². The van der Waals surface area contributed by atoms with E-state index in [1.807, 2.05) is 13.0 Å². The Balaban J connectivity index is 1.86. The second-order valence-corrected chi connectivity index (χ2v) is 7.08. The number of amides is 1. The lowest BCUT2D eigenvalue weighted by molar-refractivity contribution is -0.137. The first-order valence-corrected chi connectivity index (χ1v) is 8.79. The van der Waals surface area contributed by atoms with Gasteiger partial charge in [0.1, 0.15) is 0 Å². The van der Waals surface area contributed by atoms with Crippen molar-refractivity contribution in [3.05, 3.63) is 58.1 Å². The lowest BCUT2D eigenvalue weighted by Gasteiger charge is -2.09. The van der Waals surface area contributed by atoms with Crippen molar-refractivity contribution in [1.29, 1.82) is 0 Å². The molecule has 136 valence electrons. The molecule has 0 fully saturated rings. The fourth-order valence-electron chi connectivity index (χ4n) is 2.39. The maximum absolute atomic E-state index is 12.8. The molecule has 4 nitrogen and oxygen atoms in total. The molecule has 0 aliphatic carbocycles. The van der Waals surface area contributed by atoms with Crippen LogP contribution in [0.5, 0.6) is 0 Å². The summed E-state index contributed by atoms with van der Waals surface area (Å²) in [7, 11) is 0. The Hall–Kier alpha value is -2.32. The summed E-state index contributed by atoms with van der Waals surface area (Å²) in [6.45, 7) is 2.40. The molecular formula is C17H13ClF3N3OS. The van der Waals surface area contributed by atoms with Crippen molar-refractivity contribution >= 4 is 34.5 Å². The van der Waals surface area contributed by atoms with Gasteiger partial charge in [-0.2, -0.15) is 18.3 Å². The summed E-state index contributed by atoms with van der Waals surface area (Å²) in [5, 5.41) is 6.68. The molecule has 0 unspecified atom stereocenters. The van der Waals surface area contributed by atoms with Gasteiger partial charge in [0.25, 0.3) is 5.91 Å². The number of nitrogens with one attached hydrogen (secondary N) is 1. The first-order chi connectivity index (χ1) is 12.3. The molecule has 1 amide bonds. The SMILES string of the molecule is CCn1nc(C(=O)Nc2cccc(C(F)(F)F)c2)cc1-c1ccc(Cl)s1. The van der Waals surface area contributed by atoms with E-state index in [9.17, 15) is 18.0 Å². The van der Waals surface area contributed by atoms with Crippen molar-refractivity contribution in [2.45, 2.75) is 19.6 Å². The summed E-state index contributed by atoms with van der Waals surface area (Å²) in [6, 6.07) is 9.62. The van der Waals surface area contributed by atoms with E-state index in [2.05, 4.69) is 10.4 Å². The van der Waals surface area contributed by atoms with E-state index in [-0.39, 0.29) is 11.4 Å². The van der Waals surface area contributed by atoms with Gasteiger partial charge < -0.3 is 5.32 Å². The van der Waals surface area contributed by atoms with E-state index >= 15 is 0 Å². The molecule has 26 heavy (non-hydrogen) atoms. The van der Waals surface area contributed by atoms with Crippen LogP contribution in [0.3, 0.4) is 0 Å². The number of carbonyl (C=O) groups excluding carboxylic acids is 1. The number of alkyl halides is 3. The van der Waals surface area contributed by atoms with Crippen molar-refractivity contribution < 1.29 is 18.0 Å². The fourth-order valence-corrected chi connectivity index (χ4v) is 3.45. The predicted molar refractivity (Wildman–Crippen MR) is 95.6 cm³/mol. The number of hydrogen-bond donors (Lipinski definition) is 1. The second-order valence-electron chi connectivity index (χ2n) is 5.37. The molecule has 0 radical (unpaired) electrons. The smallest absolute Gasteiger partial charge is 0.321 e. The van der Waals surface area contributed by atoms with Crippen LogP contribution in [0.15, 0.2) is 42.5 Å². The Morgan fingerprint density at radius 3 is 2.65 bits per heavy atom. The summed E-state index contributed by atoms with van der Waals surface area (Å²) in [4.78, 5) is 13.3. The first kappa shape index (κ1) is 18.5. The van der Waals surface area contributed by atoms with Crippen LogP contribution in [0, 0.1) is 0 Å². The van der Waals surface area contributed by atoms with E-state index < -0.39 is 17.6 Å². The minimum absolute atomic E-state index is 0.0524. The van der Waals surface area contributed by atoms with Gasteiger partial charge in [-0.3, -0.25) is 9.48 Å². The molecule has 0 spiro atoms. The number of carbonyl (C=O) groups is 1. The van der Waals surface area contributed by atoms with Crippen LogP contribution in [-0.4, -0.2) is 15.7 Å². The van der Waals surface area contributed by atoms with Crippen LogP contribution in [0.4, 0.5) is 18.9 Å². The van der Waals surface area contributed by atoms with Crippen LogP contribution in [0.2, 0.25) is 4.34 Å². The Bertz CT molecular complexity index is 949. The summed E-state index contributed by atoms with van der Waals surface area (Å²) in [6.07, 6.45) is -4.48. The van der Waals surface area contributed by atoms with E-state index in [0.29, 0.717) is 10.9 Å². The molecule has 3 rings (SSSR count). The molecule has 0 bridgehead atoms. The highest BCUT2D eigenvalue weighted by Gasteiger charge is 2.30. The molecule has 3 aromatic rings. The Kier molecular flexibility index (Phi) is 5.06. The minimum atomic E-state index is -4.48. The monoisotopic (exact) mass is 399 g/mol. The largest absolute Gasteiger partial charge is 0.416 e. The molecule has 2 heterocycles. The standard InChI is InChI=1S/C17H13ClF3N3OS/c1-2-24-13(14-6-7-15(18)26-14)9-12(23-24)16(25)22-11-5-3-4-10(8-11)17(19,20)21/h3-9H,2H2,1H3,(H,22,25). The van der Waals surface area contributed by atoms with Gasteiger partial charge in [-0.25, -0.2) is 0 Å². The number of nitrogens with zero attached hydrogens (tertiary/aromatic N) is 2. The number of anilines is 1. The topological polar surface area (TPSA) is 46.9 Å². The van der Waals surface area contributed by atoms with Crippen LogP contribution >= 0.6 is 22.9 Å². The average molecular weight is 400 g/mol. The Morgan fingerprint density at radius 2 is 2.04 bits per heavy atom. The van der Waals surface area contributed by atoms with Crippen LogP contribution in [0.1, 0.15) is 23.0 Å². The first-order valence-electron chi connectivity index (χ1n) is 7.60. The number of aryl methyl sites for hydroxylation is 1. The zero-order valence-corrected chi connectivity index (χ0v) is 15.0. The number of rotatable bonds is 4. The number of aromatic nitrogens is 2. The summed E-state index contributed by atoms with van der Waals surface area (Å²) < 4.78 is 40.6. The number of thiophene rings is 1. The van der Waals surface area contributed by atoms with E-state index in [1.165, 1.54) is 23.5 Å². The van der Waals surface area contributed by atoms with Gasteiger partial charge in [-0.15, -0.1) is 11.3 Å². The predicted octanol–water partition coefficient (Wildman–Crippen LogP) is 5.56.